The van der Waals surface area contributed by atoms with Crippen molar-refractivity contribution in [3.8, 4) is 67.9 Å². The van der Waals surface area contributed by atoms with Gasteiger partial charge in [-0.2, -0.15) is 0 Å². The summed E-state index contributed by atoms with van der Waals surface area (Å²) in [5, 5.41) is 6.97. The molecule has 4 fully saturated rings. The standard InChI is InChI=1S/C45H43N7O3.C27H27N7O.BH2OP/c1-28(30-11-5-3-6-12-30)44(53)51-23-9-15-38(51)41-46-26-36(48-41)32-17-19-33(20-18-32)43-50-35-25-34(21-22-40(35)55-43)37-27-47-42(49-37)39-16-10-24-52(39)45(54)29(2)31-13-7-4-8-14-31;1-3-19(28-11-1)25-30-14-22(32-25)16-5-7-17(8-6-16)27-34-21-13-18(9-10-24(21)35-27)23-15-31-26(33-23)20-4-2-12-29-20;2-1-3/h3-8,11-14,17-22,25-29,38-39H,9-10,15-16,23-24H2,1-2H3,(H,46,48)(H,47,49);5-10,13-15,19-20,28-29H,1-4,11-12H2,(H,30,32)(H,31,33);3H2/t28-,29-,38+,39+;19-,20-;/m10./s1. The molecule has 0 bridgehead atoms. The van der Waals surface area contributed by atoms with Crippen molar-refractivity contribution in [1.82, 2.24) is 70.3 Å². The monoisotopic (exact) mass is 1250 g/mol. The molecular formula is C72H72BN14O5P. The number of nitrogens with one attached hydrogen (secondary N) is 6. The Balaban J connectivity index is 0.000000169. The largest absolute Gasteiger partial charge is 0.436 e. The van der Waals surface area contributed by atoms with Gasteiger partial charge in [0.25, 0.3) is 0 Å². The first-order chi connectivity index (χ1) is 45.6. The predicted octanol–water partition coefficient (Wildman–Crippen LogP) is 14.2. The second-order valence-electron chi connectivity index (χ2n) is 24.4. The third kappa shape index (κ3) is 13.0. The van der Waals surface area contributed by atoms with Crippen LogP contribution in [0.4, 0.5) is 0 Å². The minimum Gasteiger partial charge on any atom is -0.436 e. The zero-order valence-electron chi connectivity index (χ0n) is 51.9. The molecule has 4 aliphatic rings. The van der Waals surface area contributed by atoms with Crippen LogP contribution in [0.2, 0.25) is 0 Å². The van der Waals surface area contributed by atoms with Gasteiger partial charge in [-0.3, -0.25) is 9.59 Å². The van der Waals surface area contributed by atoms with Gasteiger partial charge in [-0.1, -0.05) is 84.9 Å². The molecule has 16 rings (SSSR count). The summed E-state index contributed by atoms with van der Waals surface area (Å²) in [6.45, 7) is 8.20. The molecule has 10 heterocycles. The number of benzene rings is 6. The number of aromatic nitrogens is 10. The maximum Gasteiger partial charge on any atom is 0.227 e. The van der Waals surface area contributed by atoms with E-state index in [1.165, 1.54) is 12.8 Å². The fraction of sp³-hybridized carbons (Fsp3) is 0.278. The third-order valence-electron chi connectivity index (χ3n) is 18.5. The maximum absolute atomic E-state index is 13.6. The zero-order chi connectivity index (χ0) is 63.4. The average molecular weight is 1260 g/mol. The average Bonchev–Trinajstić information content (AvgIpc) is 1.75. The van der Waals surface area contributed by atoms with Crippen LogP contribution in [-0.2, 0) is 14.3 Å². The van der Waals surface area contributed by atoms with Crippen LogP contribution in [0.1, 0.15) is 136 Å². The molecule has 6 aromatic heterocycles. The van der Waals surface area contributed by atoms with E-state index in [-0.39, 0.29) is 35.7 Å². The Bertz CT molecular complexity index is 4550. The molecule has 468 valence electrons. The first-order valence-corrected chi connectivity index (χ1v) is 32.9. The van der Waals surface area contributed by atoms with Gasteiger partial charge < -0.3 is 49.2 Å². The fourth-order valence-electron chi connectivity index (χ4n) is 13.4. The number of hydrogen-bond donors (Lipinski definition) is 6. The van der Waals surface area contributed by atoms with E-state index in [4.69, 9.17) is 33.5 Å². The molecule has 0 spiro atoms. The van der Waals surface area contributed by atoms with Gasteiger partial charge in [-0.25, -0.2) is 29.9 Å². The Morgan fingerprint density at radius 2 is 0.828 bits per heavy atom. The number of imidazole rings is 4. The van der Waals surface area contributed by atoms with Crippen molar-refractivity contribution in [3.05, 3.63) is 205 Å². The number of rotatable bonds is 14. The maximum atomic E-state index is 13.6. The number of oxazole rings is 2. The Morgan fingerprint density at radius 3 is 1.22 bits per heavy atom. The van der Waals surface area contributed by atoms with E-state index in [1.807, 2.05) is 179 Å². The quantitative estimate of drug-likeness (QED) is 0.0438. The van der Waals surface area contributed by atoms with Crippen molar-refractivity contribution >= 4 is 50.0 Å². The summed E-state index contributed by atoms with van der Waals surface area (Å²) in [7, 11) is 1.90. The van der Waals surface area contributed by atoms with Gasteiger partial charge in [0.15, 0.2) is 11.2 Å². The Hall–Kier alpha value is -9.75. The van der Waals surface area contributed by atoms with Gasteiger partial charge in [-0.05, 0) is 161 Å². The van der Waals surface area contributed by atoms with Crippen molar-refractivity contribution in [3.63, 3.8) is 0 Å². The number of fused-ring (bicyclic) bond motifs is 2. The van der Waals surface area contributed by atoms with Gasteiger partial charge in [0.05, 0.1) is 83.6 Å². The van der Waals surface area contributed by atoms with Crippen LogP contribution < -0.4 is 10.6 Å². The summed E-state index contributed by atoms with van der Waals surface area (Å²) in [5.74, 6) is 4.63. The van der Waals surface area contributed by atoms with E-state index in [2.05, 4.69) is 64.8 Å². The minimum absolute atomic E-state index is 0.0694. The van der Waals surface area contributed by atoms with Crippen molar-refractivity contribution in [2.45, 2.75) is 101 Å². The molecule has 4 aliphatic heterocycles. The Kier molecular flexibility index (Phi) is 17.8. The molecule has 6 N–H and O–H groups in total. The number of likely N-dealkylation sites (tertiary alicyclic amines) is 2. The van der Waals surface area contributed by atoms with Crippen molar-refractivity contribution in [1.29, 1.82) is 0 Å². The molecule has 7 atom stereocenters. The molecule has 12 aromatic rings. The van der Waals surface area contributed by atoms with Crippen molar-refractivity contribution in [2.24, 2.45) is 0 Å². The van der Waals surface area contributed by atoms with E-state index in [0.29, 0.717) is 36.3 Å². The Labute approximate surface area is 540 Å². The van der Waals surface area contributed by atoms with E-state index in [1.54, 1.807) is 0 Å². The number of carbonyl (C=O) groups is 2. The third-order valence-corrected chi connectivity index (χ3v) is 18.5. The summed E-state index contributed by atoms with van der Waals surface area (Å²) in [6, 6.07) is 48.8. The number of carbonyl (C=O) groups excluding carboxylic acids is 2. The summed E-state index contributed by atoms with van der Waals surface area (Å²) in [6.07, 6.45) is 15.8. The molecule has 2 amide bonds. The smallest absolute Gasteiger partial charge is 0.227 e. The number of hydrogen-bond acceptors (Lipinski definition) is 13. The van der Waals surface area contributed by atoms with Crippen LogP contribution in [0.5, 0.6) is 0 Å². The molecule has 93 heavy (non-hydrogen) atoms. The van der Waals surface area contributed by atoms with E-state index >= 15 is 0 Å². The van der Waals surface area contributed by atoms with Gasteiger partial charge in [0.2, 0.25) is 23.6 Å². The number of nitrogens with zero attached hydrogens (tertiary/aromatic N) is 8. The molecule has 0 aliphatic carbocycles. The SMILES string of the molecule is C[C@@H](C(=O)N1CCC[C@H]1c1ncc(-c2ccc(-c3nc4cc(-c5cnc([C@@H]6CCCN6C(=O)[C@H](C)c6ccccc6)[nH]5)ccc4o3)cc2)[nH]1)c1ccccc1.O=BP.c1cc(-c2nc3cc(-c4cnc([C@@H]5CCCN5)[nH]4)ccc3o2)ccc1-c1cnc([C@@H]2CCCN2)[nH]1. The molecule has 19 nitrogen and oxygen atoms in total. The molecule has 0 radical (unpaired) electrons. The molecule has 1 unspecified atom stereocenters. The zero-order valence-corrected chi connectivity index (χ0v) is 53.0. The predicted molar refractivity (Wildman–Crippen MR) is 362 cm³/mol. The van der Waals surface area contributed by atoms with Crippen LogP contribution in [0.25, 0.3) is 90.1 Å². The van der Waals surface area contributed by atoms with Crippen LogP contribution in [0.15, 0.2) is 179 Å². The van der Waals surface area contributed by atoms with Crippen LogP contribution in [0.3, 0.4) is 0 Å². The first kappa shape index (κ1) is 60.8. The fourth-order valence-corrected chi connectivity index (χ4v) is 13.4. The topological polar surface area (TPSA) is 249 Å². The molecule has 21 heteroatoms. The van der Waals surface area contributed by atoms with Gasteiger partial charge in [-0.15, -0.1) is 0 Å². The van der Waals surface area contributed by atoms with Crippen LogP contribution >= 0.6 is 9.12 Å². The summed E-state index contributed by atoms with van der Waals surface area (Å²) < 4.78 is 21.0. The molecule has 6 aromatic carbocycles. The normalized spacial score (nSPS) is 18.5. The molecule has 0 saturated carbocycles. The van der Waals surface area contributed by atoms with E-state index in [9.17, 15) is 9.59 Å². The second-order valence-corrected chi connectivity index (χ2v) is 24.6. The molecular weight excluding hydrogens is 1180 g/mol. The van der Waals surface area contributed by atoms with Gasteiger partial charge in [0, 0.05) is 35.3 Å². The number of H-pyrrole nitrogens is 4. The summed E-state index contributed by atoms with van der Waals surface area (Å²) >= 11 is 0. The van der Waals surface area contributed by atoms with Crippen LogP contribution in [0, 0.1) is 0 Å². The number of aromatic amines is 4. The Morgan fingerprint density at radius 1 is 0.473 bits per heavy atom. The number of amides is 2. The van der Waals surface area contributed by atoms with E-state index in [0.717, 1.165) is 172 Å². The first-order valence-electron chi connectivity index (χ1n) is 32.2. The van der Waals surface area contributed by atoms with E-state index < -0.39 is 0 Å². The van der Waals surface area contributed by atoms with Gasteiger partial charge >= 0.3 is 20.7 Å². The van der Waals surface area contributed by atoms with Crippen molar-refractivity contribution in [2.75, 3.05) is 26.2 Å². The minimum atomic E-state index is -0.213. The summed E-state index contributed by atoms with van der Waals surface area (Å²) in [4.78, 5) is 73.2. The van der Waals surface area contributed by atoms with Crippen molar-refractivity contribution < 1.29 is 23.1 Å². The second kappa shape index (κ2) is 27.2. The molecule has 4 saturated heterocycles. The summed E-state index contributed by atoms with van der Waals surface area (Å²) in [5.41, 5.74) is 14.8. The van der Waals surface area contributed by atoms with Gasteiger partial charge in [0.1, 0.15) is 34.3 Å². The van der Waals surface area contributed by atoms with Crippen LogP contribution in [-0.4, -0.2) is 105 Å².